The molecule has 2 aromatic carbocycles. The Morgan fingerprint density at radius 3 is 2.72 bits per heavy atom. The van der Waals surface area contributed by atoms with Gasteiger partial charge < -0.3 is 10.1 Å². The summed E-state index contributed by atoms with van der Waals surface area (Å²) in [5.74, 6) is -2.99. The largest absolute Gasteiger partial charge is 0.356 e. The molecule has 6 nitrogen and oxygen atoms in total. The molecule has 0 aliphatic carbocycles. The van der Waals surface area contributed by atoms with Crippen LogP contribution in [0.15, 0.2) is 67.0 Å². The number of amides is 2. The molecule has 164 valence electrons. The highest BCUT2D eigenvalue weighted by Gasteiger charge is 2.42. The predicted molar refractivity (Wildman–Crippen MR) is 114 cm³/mol. The number of rotatable bonds is 5. The molecule has 2 heterocycles. The van der Waals surface area contributed by atoms with Crippen molar-refractivity contribution in [2.45, 2.75) is 25.6 Å². The highest BCUT2D eigenvalue weighted by Crippen LogP contribution is 2.35. The van der Waals surface area contributed by atoms with Gasteiger partial charge in [0.2, 0.25) is 0 Å². The van der Waals surface area contributed by atoms with Crippen LogP contribution in [0.25, 0.3) is 0 Å². The molecule has 2 amide bonds. The van der Waals surface area contributed by atoms with Crippen LogP contribution in [0.2, 0.25) is 0 Å². The van der Waals surface area contributed by atoms with Gasteiger partial charge in [-0.2, -0.15) is 0 Å². The first kappa shape index (κ1) is 21.6. The Morgan fingerprint density at radius 2 is 2.00 bits per heavy atom. The van der Waals surface area contributed by atoms with E-state index in [4.69, 9.17) is 4.74 Å². The zero-order valence-corrected chi connectivity index (χ0v) is 17.3. The number of halogens is 2. The topological polar surface area (TPSA) is 71.5 Å². The van der Waals surface area contributed by atoms with Crippen LogP contribution in [0, 0.1) is 18.6 Å². The maximum absolute atomic E-state index is 14.0. The Kier molecular flexibility index (Phi) is 6.23. The summed E-state index contributed by atoms with van der Waals surface area (Å²) >= 11 is 0. The van der Waals surface area contributed by atoms with Crippen LogP contribution in [-0.4, -0.2) is 29.5 Å². The summed E-state index contributed by atoms with van der Waals surface area (Å²) in [5.41, 5.74) is 2.51. The normalized spacial score (nSPS) is 18.5. The van der Waals surface area contributed by atoms with E-state index in [0.717, 1.165) is 23.3 Å². The zero-order chi connectivity index (χ0) is 22.7. The van der Waals surface area contributed by atoms with Gasteiger partial charge in [-0.1, -0.05) is 35.9 Å². The van der Waals surface area contributed by atoms with Crippen LogP contribution in [0.4, 0.5) is 14.5 Å². The number of pyridine rings is 1. The smallest absolute Gasteiger partial charge is 0.253 e. The second kappa shape index (κ2) is 9.23. The fourth-order valence-electron chi connectivity index (χ4n) is 3.74. The molecule has 1 aliphatic heterocycles. The third-order valence-corrected chi connectivity index (χ3v) is 5.23. The van der Waals surface area contributed by atoms with E-state index in [2.05, 4.69) is 10.3 Å². The van der Waals surface area contributed by atoms with Gasteiger partial charge >= 0.3 is 0 Å². The quantitative estimate of drug-likeness (QED) is 0.664. The average molecular weight is 437 g/mol. The lowest BCUT2D eigenvalue weighted by Gasteiger charge is -2.40. The van der Waals surface area contributed by atoms with Gasteiger partial charge in [-0.05, 0) is 36.2 Å². The monoisotopic (exact) mass is 437 g/mol. The van der Waals surface area contributed by atoms with Crippen molar-refractivity contribution in [2.75, 3.05) is 11.5 Å². The van der Waals surface area contributed by atoms with Gasteiger partial charge in [0.25, 0.3) is 11.8 Å². The van der Waals surface area contributed by atoms with Gasteiger partial charge in [-0.15, -0.1) is 0 Å². The Morgan fingerprint density at radius 1 is 1.16 bits per heavy atom. The number of aromatic nitrogens is 1. The number of benzene rings is 2. The summed E-state index contributed by atoms with van der Waals surface area (Å²) < 4.78 is 33.2. The Balaban J connectivity index is 1.70. The van der Waals surface area contributed by atoms with Gasteiger partial charge in [0, 0.05) is 30.7 Å². The first-order valence-electron chi connectivity index (χ1n) is 10.1. The Bertz CT molecular complexity index is 1140. The van der Waals surface area contributed by atoms with Crippen LogP contribution in [0.1, 0.15) is 22.7 Å². The van der Waals surface area contributed by atoms with Crippen molar-refractivity contribution in [3.8, 4) is 0 Å². The van der Waals surface area contributed by atoms with Crippen LogP contribution in [0.3, 0.4) is 0 Å². The van der Waals surface area contributed by atoms with E-state index in [1.807, 2.05) is 25.1 Å². The van der Waals surface area contributed by atoms with Crippen LogP contribution in [-0.2, 0) is 20.9 Å². The van der Waals surface area contributed by atoms with Gasteiger partial charge in [-0.3, -0.25) is 19.5 Å². The molecule has 2 atom stereocenters. The Hall–Kier alpha value is -3.65. The number of hydrogen-bond donors (Lipinski definition) is 1. The number of ether oxygens (including phenoxy) is 1. The van der Waals surface area contributed by atoms with E-state index in [1.165, 1.54) is 11.0 Å². The van der Waals surface area contributed by atoms with Crippen molar-refractivity contribution in [1.82, 2.24) is 10.3 Å². The van der Waals surface area contributed by atoms with E-state index < -0.39 is 35.6 Å². The van der Waals surface area contributed by atoms with Crippen LogP contribution in [0.5, 0.6) is 0 Å². The van der Waals surface area contributed by atoms with Crippen molar-refractivity contribution in [3.05, 3.63) is 95.3 Å². The molecular weight excluding hydrogens is 416 g/mol. The summed E-state index contributed by atoms with van der Waals surface area (Å²) in [6.07, 6.45) is 2.21. The molecule has 1 N–H and O–H groups in total. The fourth-order valence-corrected chi connectivity index (χ4v) is 3.74. The maximum Gasteiger partial charge on any atom is 0.253 e. The summed E-state index contributed by atoms with van der Waals surface area (Å²) in [4.78, 5) is 31.3. The highest BCUT2D eigenvalue weighted by atomic mass is 19.2. The van der Waals surface area contributed by atoms with Crippen molar-refractivity contribution < 1.29 is 23.1 Å². The van der Waals surface area contributed by atoms with Crippen LogP contribution >= 0.6 is 0 Å². The van der Waals surface area contributed by atoms with Crippen LogP contribution < -0.4 is 10.2 Å². The first-order valence-corrected chi connectivity index (χ1v) is 10.1. The zero-order valence-electron chi connectivity index (χ0n) is 17.3. The molecule has 8 heteroatoms. The van der Waals surface area contributed by atoms with Gasteiger partial charge in [0.15, 0.2) is 17.7 Å². The molecular formula is C24H21F2N3O3. The first-order chi connectivity index (χ1) is 15.4. The van der Waals surface area contributed by atoms with Crippen molar-refractivity contribution in [2.24, 2.45) is 0 Å². The molecule has 1 aliphatic rings. The van der Waals surface area contributed by atoms with E-state index in [1.54, 1.807) is 30.6 Å². The molecule has 0 spiro atoms. The number of hydrogen-bond acceptors (Lipinski definition) is 4. The lowest BCUT2D eigenvalue weighted by atomic mass is 9.95. The SMILES string of the molecule is Cc1cccc([C@@H]2[C@@H](C(=O)NCc3cccnc3)OCC(=O)N2c2ccc(F)c(F)c2)c1. The molecule has 0 radical (unpaired) electrons. The molecule has 1 saturated heterocycles. The molecule has 1 aromatic heterocycles. The number of aryl methyl sites for hydroxylation is 1. The minimum atomic E-state index is -1.08. The second-order valence-electron chi connectivity index (χ2n) is 7.53. The standard InChI is InChI=1S/C24H21F2N3O3/c1-15-4-2-6-17(10-15)22-23(24(31)28-13-16-5-3-9-27-12-16)32-14-21(30)29(22)18-7-8-19(25)20(26)11-18/h2-12,22-23H,13-14H2,1H3,(H,28,31)/t22-,23+/m1/s1. The Labute approximate surface area is 183 Å². The van der Waals surface area contributed by atoms with Crippen molar-refractivity contribution >= 4 is 17.5 Å². The minimum Gasteiger partial charge on any atom is -0.356 e. The molecule has 4 rings (SSSR count). The van der Waals surface area contributed by atoms with E-state index in [-0.39, 0.29) is 18.8 Å². The number of nitrogens with zero attached hydrogens (tertiary/aromatic N) is 2. The molecule has 1 fully saturated rings. The van der Waals surface area contributed by atoms with Gasteiger partial charge in [0.05, 0.1) is 6.04 Å². The number of nitrogens with one attached hydrogen (secondary N) is 1. The number of carbonyl (C=O) groups is 2. The minimum absolute atomic E-state index is 0.147. The van der Waals surface area contributed by atoms with Crippen molar-refractivity contribution in [1.29, 1.82) is 0 Å². The second-order valence-corrected chi connectivity index (χ2v) is 7.53. The fraction of sp³-hybridized carbons (Fsp3) is 0.208. The van der Waals surface area contributed by atoms with E-state index >= 15 is 0 Å². The maximum atomic E-state index is 14.0. The van der Waals surface area contributed by atoms with Crippen molar-refractivity contribution in [3.63, 3.8) is 0 Å². The van der Waals surface area contributed by atoms with Gasteiger partial charge in [-0.25, -0.2) is 8.78 Å². The molecule has 0 bridgehead atoms. The molecule has 0 unspecified atom stereocenters. The molecule has 0 saturated carbocycles. The summed E-state index contributed by atoms with van der Waals surface area (Å²) in [6, 6.07) is 13.2. The van der Waals surface area contributed by atoms with Gasteiger partial charge in [0.1, 0.15) is 6.61 Å². The lowest BCUT2D eigenvalue weighted by Crippen LogP contribution is -2.54. The summed E-state index contributed by atoms with van der Waals surface area (Å²) in [7, 11) is 0. The number of morpholine rings is 1. The average Bonchev–Trinajstić information content (AvgIpc) is 2.80. The highest BCUT2D eigenvalue weighted by molar-refractivity contribution is 5.98. The summed E-state index contributed by atoms with van der Waals surface area (Å²) in [5, 5.41) is 2.81. The van der Waals surface area contributed by atoms with E-state index in [9.17, 15) is 18.4 Å². The lowest BCUT2D eigenvalue weighted by molar-refractivity contribution is -0.144. The predicted octanol–water partition coefficient (Wildman–Crippen LogP) is 3.46. The number of carbonyl (C=O) groups excluding carboxylic acids is 2. The summed E-state index contributed by atoms with van der Waals surface area (Å²) in [6.45, 7) is 1.74. The third-order valence-electron chi connectivity index (χ3n) is 5.23. The third kappa shape index (κ3) is 4.50. The molecule has 32 heavy (non-hydrogen) atoms. The van der Waals surface area contributed by atoms with E-state index in [0.29, 0.717) is 5.56 Å². The number of anilines is 1. The molecule has 3 aromatic rings.